The van der Waals surface area contributed by atoms with Gasteiger partial charge < -0.3 is 14.4 Å². The van der Waals surface area contributed by atoms with Gasteiger partial charge in [0, 0.05) is 6.54 Å². The Kier molecular flexibility index (Phi) is 7.06. The first kappa shape index (κ1) is 21.8. The van der Waals surface area contributed by atoms with Crippen LogP contribution < -0.4 is 0 Å². The van der Waals surface area contributed by atoms with Crippen molar-refractivity contribution in [3.05, 3.63) is 76.4 Å². The summed E-state index contributed by atoms with van der Waals surface area (Å²) in [4.78, 5) is 26.8. The average Bonchev–Trinajstić information content (AvgIpc) is 2.90. The van der Waals surface area contributed by atoms with E-state index in [0.29, 0.717) is 5.56 Å². The number of hydrogen-bond acceptors (Lipinski definition) is 5. The van der Waals surface area contributed by atoms with E-state index in [1.165, 1.54) is 30.9 Å². The van der Waals surface area contributed by atoms with Gasteiger partial charge in [-0.05, 0) is 72.8 Å². The summed E-state index contributed by atoms with van der Waals surface area (Å²) in [7, 11) is 6.68. The lowest BCUT2D eigenvalue weighted by atomic mass is 9.89. The highest BCUT2D eigenvalue weighted by atomic mass is 16.5. The fourth-order valence-corrected chi connectivity index (χ4v) is 3.95. The maximum atomic E-state index is 12.3. The Balaban J connectivity index is 2.14. The van der Waals surface area contributed by atoms with Gasteiger partial charge in [0.1, 0.15) is 0 Å². The number of carbonyl (C=O) groups is 2. The smallest absolute Gasteiger partial charge is 0.324 e. The molecule has 0 aromatic heterocycles. The molecule has 0 aliphatic heterocycles. The van der Waals surface area contributed by atoms with Crippen LogP contribution in [0.2, 0.25) is 0 Å². The quantitative estimate of drug-likeness (QED) is 0.541. The molecule has 3 rings (SSSR count). The normalized spacial score (nSPS) is 14.3. The number of carbonyl (C=O) groups excluding carboxylic acids is 2. The van der Waals surface area contributed by atoms with Crippen LogP contribution >= 0.6 is 0 Å². The van der Waals surface area contributed by atoms with Gasteiger partial charge in [-0.15, -0.1) is 0 Å². The largest absolute Gasteiger partial charge is 0.468 e. The summed E-state index contributed by atoms with van der Waals surface area (Å²) < 4.78 is 9.75. The topological polar surface area (TPSA) is 55.8 Å². The first-order valence-electron chi connectivity index (χ1n) is 10.2. The van der Waals surface area contributed by atoms with Crippen molar-refractivity contribution in [2.24, 2.45) is 0 Å². The fourth-order valence-electron chi connectivity index (χ4n) is 3.95. The number of methoxy groups -OCH3 is 2. The van der Waals surface area contributed by atoms with Gasteiger partial charge in [0.15, 0.2) is 5.92 Å². The molecule has 1 aliphatic carbocycles. The molecule has 0 atom stereocenters. The third kappa shape index (κ3) is 4.62. The van der Waals surface area contributed by atoms with E-state index in [1.54, 1.807) is 0 Å². The van der Waals surface area contributed by atoms with E-state index in [1.807, 2.05) is 18.2 Å². The number of benzene rings is 2. The fraction of sp³-hybridized carbons (Fsp3) is 0.360. The molecule has 0 bridgehead atoms. The summed E-state index contributed by atoms with van der Waals surface area (Å²) in [5, 5.41) is 0. The number of nitrogens with zero attached hydrogens (tertiary/aromatic N) is 1. The van der Waals surface area contributed by atoms with Crippen LogP contribution in [0.3, 0.4) is 0 Å². The van der Waals surface area contributed by atoms with Crippen molar-refractivity contribution in [3.8, 4) is 0 Å². The van der Waals surface area contributed by atoms with E-state index in [4.69, 9.17) is 9.47 Å². The molecular weight excluding hydrogens is 378 g/mol. The van der Waals surface area contributed by atoms with E-state index in [9.17, 15) is 9.59 Å². The number of rotatable bonds is 6. The average molecular weight is 408 g/mol. The van der Waals surface area contributed by atoms with Crippen molar-refractivity contribution < 1.29 is 19.1 Å². The first-order valence-corrected chi connectivity index (χ1v) is 10.2. The molecule has 0 saturated carbocycles. The van der Waals surface area contributed by atoms with Gasteiger partial charge in [-0.3, -0.25) is 9.59 Å². The highest BCUT2D eigenvalue weighted by Gasteiger charge is 2.31. The van der Waals surface area contributed by atoms with E-state index in [0.717, 1.165) is 36.9 Å². The second-order valence-electron chi connectivity index (χ2n) is 7.76. The zero-order chi connectivity index (χ0) is 21.7. The number of fused-ring (bicyclic) bond motifs is 2. The minimum absolute atomic E-state index is 0.588. The lowest BCUT2D eigenvalue weighted by Gasteiger charge is -2.17. The highest BCUT2D eigenvalue weighted by molar-refractivity contribution is 6.01. The molecule has 2 aromatic rings. The Bertz CT molecular complexity index is 945. The number of esters is 2. The molecular formula is C25H29NO4. The number of ether oxygens (including phenoxy) is 2. The van der Waals surface area contributed by atoms with Crippen LogP contribution in [0.25, 0.3) is 5.57 Å². The molecule has 0 N–H and O–H groups in total. The second-order valence-corrected chi connectivity index (χ2v) is 7.76. The molecule has 2 aromatic carbocycles. The zero-order valence-corrected chi connectivity index (χ0v) is 18.1. The van der Waals surface area contributed by atoms with Gasteiger partial charge in [0.2, 0.25) is 0 Å². The van der Waals surface area contributed by atoms with Gasteiger partial charge in [0.25, 0.3) is 0 Å². The predicted octanol–water partition coefficient (Wildman–Crippen LogP) is 3.60. The molecule has 1 aliphatic rings. The Morgan fingerprint density at radius 1 is 0.967 bits per heavy atom. The number of hydrogen-bond donors (Lipinski definition) is 0. The van der Waals surface area contributed by atoms with Crippen molar-refractivity contribution in [2.75, 3.05) is 34.9 Å². The summed E-state index contributed by atoms with van der Waals surface area (Å²) in [6, 6.07) is 14.3. The Hall–Kier alpha value is -2.92. The van der Waals surface area contributed by atoms with Crippen LogP contribution in [0.5, 0.6) is 0 Å². The third-order valence-electron chi connectivity index (χ3n) is 5.53. The SMILES string of the molecule is COC(=O)C(C(=O)OC)c1ccc2c(c1)/C(=C/CCN(C)C)c1ccccc1CC2. The van der Waals surface area contributed by atoms with E-state index >= 15 is 0 Å². The van der Waals surface area contributed by atoms with Crippen molar-refractivity contribution in [1.82, 2.24) is 4.90 Å². The third-order valence-corrected chi connectivity index (χ3v) is 5.53. The van der Waals surface area contributed by atoms with Crippen molar-refractivity contribution in [2.45, 2.75) is 25.2 Å². The summed E-state index contributed by atoms with van der Waals surface area (Å²) in [5.41, 5.74) is 6.53. The zero-order valence-electron chi connectivity index (χ0n) is 18.1. The van der Waals surface area contributed by atoms with Gasteiger partial charge in [0.05, 0.1) is 14.2 Å². The summed E-state index contributed by atoms with van der Waals surface area (Å²) >= 11 is 0. The van der Waals surface area contributed by atoms with Crippen LogP contribution in [0.4, 0.5) is 0 Å². The van der Waals surface area contributed by atoms with Crippen LogP contribution in [0.1, 0.15) is 40.2 Å². The predicted molar refractivity (Wildman–Crippen MR) is 117 cm³/mol. The molecule has 0 heterocycles. The van der Waals surface area contributed by atoms with Crippen LogP contribution in [0, 0.1) is 0 Å². The summed E-state index contributed by atoms with van der Waals surface area (Å²) in [6.45, 7) is 0.938. The van der Waals surface area contributed by atoms with E-state index in [2.05, 4.69) is 49.3 Å². The van der Waals surface area contributed by atoms with Gasteiger partial charge in [-0.25, -0.2) is 0 Å². The highest BCUT2D eigenvalue weighted by Crippen LogP contribution is 2.36. The van der Waals surface area contributed by atoms with Gasteiger partial charge in [-0.1, -0.05) is 42.5 Å². The Morgan fingerprint density at radius 3 is 2.23 bits per heavy atom. The molecule has 0 spiro atoms. The van der Waals surface area contributed by atoms with Crippen LogP contribution in [-0.2, 0) is 31.9 Å². The standard InChI is InChI=1S/C25H29NO4/c1-26(2)15-7-10-21-20-9-6-5-8-17(20)11-12-18-13-14-19(16-22(18)21)23(24(27)29-3)25(28)30-4/h5-6,8-10,13-14,16,23H,7,11-12,15H2,1-4H3/b21-10+. The van der Waals surface area contributed by atoms with E-state index in [-0.39, 0.29) is 0 Å². The summed E-state index contributed by atoms with van der Waals surface area (Å²) in [5.74, 6) is -2.32. The first-order chi connectivity index (χ1) is 14.5. The van der Waals surface area contributed by atoms with Gasteiger partial charge in [-0.2, -0.15) is 0 Å². The monoisotopic (exact) mass is 407 g/mol. The lowest BCUT2D eigenvalue weighted by molar-refractivity contribution is -0.154. The molecule has 0 amide bonds. The Labute approximate surface area is 178 Å². The second kappa shape index (κ2) is 9.72. The molecule has 0 radical (unpaired) electrons. The molecule has 5 heteroatoms. The maximum Gasteiger partial charge on any atom is 0.324 e. The van der Waals surface area contributed by atoms with Crippen LogP contribution in [0.15, 0.2) is 48.5 Å². The van der Waals surface area contributed by atoms with Crippen molar-refractivity contribution in [3.63, 3.8) is 0 Å². The van der Waals surface area contributed by atoms with Crippen molar-refractivity contribution >= 4 is 17.5 Å². The van der Waals surface area contributed by atoms with Crippen molar-refractivity contribution in [1.29, 1.82) is 0 Å². The molecule has 0 saturated heterocycles. The minimum Gasteiger partial charge on any atom is -0.468 e. The Morgan fingerprint density at radius 2 is 1.60 bits per heavy atom. The summed E-state index contributed by atoms with van der Waals surface area (Å²) in [6.07, 6.45) is 5.01. The number of aryl methyl sites for hydroxylation is 2. The lowest BCUT2D eigenvalue weighted by Crippen LogP contribution is -2.24. The van der Waals surface area contributed by atoms with Crippen LogP contribution in [-0.4, -0.2) is 51.7 Å². The molecule has 158 valence electrons. The molecule has 0 fully saturated rings. The van der Waals surface area contributed by atoms with E-state index < -0.39 is 17.9 Å². The minimum atomic E-state index is -1.09. The molecule has 5 nitrogen and oxygen atoms in total. The molecule has 30 heavy (non-hydrogen) atoms. The molecule has 0 unspecified atom stereocenters. The maximum absolute atomic E-state index is 12.3. The van der Waals surface area contributed by atoms with Gasteiger partial charge >= 0.3 is 11.9 Å².